The van der Waals surface area contributed by atoms with E-state index in [1.165, 1.54) is 6.92 Å². The van der Waals surface area contributed by atoms with Crippen molar-refractivity contribution in [3.63, 3.8) is 0 Å². The zero-order chi connectivity index (χ0) is 7.56. The highest BCUT2D eigenvalue weighted by molar-refractivity contribution is 5.66. The van der Waals surface area contributed by atoms with Crippen molar-refractivity contribution in [3.05, 3.63) is 12.2 Å². The van der Waals surface area contributed by atoms with Crippen LogP contribution in [-0.4, -0.2) is 25.3 Å². The fourth-order valence-corrected chi connectivity index (χ4v) is 0.571. The predicted octanol–water partition coefficient (Wildman–Crippen LogP) is 0.504. The topological polar surface area (TPSA) is 38.8 Å². The van der Waals surface area contributed by atoms with Crippen molar-refractivity contribution in [1.82, 2.24) is 0 Å². The molecule has 0 aromatic carbocycles. The van der Waals surface area contributed by atoms with Crippen LogP contribution >= 0.6 is 0 Å². The highest BCUT2D eigenvalue weighted by Crippen LogP contribution is 2.17. The van der Waals surface area contributed by atoms with Crippen LogP contribution in [0.25, 0.3) is 0 Å². The third kappa shape index (κ3) is 2.19. The molecule has 1 fully saturated rings. The van der Waals surface area contributed by atoms with Crippen LogP contribution in [0.3, 0.4) is 0 Å². The first-order valence-corrected chi connectivity index (χ1v) is 3.13. The summed E-state index contributed by atoms with van der Waals surface area (Å²) in [6, 6.07) is 0. The van der Waals surface area contributed by atoms with E-state index in [4.69, 9.17) is 4.74 Å². The molecule has 0 radical (unpaired) electrons. The van der Waals surface area contributed by atoms with Crippen LogP contribution in [0.15, 0.2) is 12.2 Å². The van der Waals surface area contributed by atoms with Gasteiger partial charge in [0, 0.05) is 6.92 Å². The minimum Gasteiger partial charge on any atom is -0.461 e. The van der Waals surface area contributed by atoms with Crippen molar-refractivity contribution < 1.29 is 14.3 Å². The van der Waals surface area contributed by atoms with Gasteiger partial charge in [0.1, 0.15) is 12.7 Å². The van der Waals surface area contributed by atoms with E-state index in [9.17, 15) is 4.79 Å². The third-order valence-electron chi connectivity index (χ3n) is 1.25. The fourth-order valence-electron chi connectivity index (χ4n) is 0.571. The first kappa shape index (κ1) is 7.28. The smallest absolute Gasteiger partial charge is 0.302 e. The van der Waals surface area contributed by atoms with Gasteiger partial charge in [-0.1, -0.05) is 6.58 Å². The van der Waals surface area contributed by atoms with E-state index in [0.29, 0.717) is 6.61 Å². The second-order valence-electron chi connectivity index (χ2n) is 2.26. The molecule has 0 aromatic rings. The highest BCUT2D eigenvalue weighted by atomic mass is 16.6. The fraction of sp³-hybridized carbons (Fsp3) is 0.571. The summed E-state index contributed by atoms with van der Waals surface area (Å²) in [6.45, 7) is 6.08. The number of rotatable bonds is 3. The summed E-state index contributed by atoms with van der Waals surface area (Å²) in [4.78, 5) is 10.3. The maximum atomic E-state index is 10.3. The number of hydrogen-bond acceptors (Lipinski definition) is 3. The molecule has 1 atom stereocenters. The van der Waals surface area contributed by atoms with Crippen LogP contribution in [-0.2, 0) is 14.3 Å². The van der Waals surface area contributed by atoms with Crippen molar-refractivity contribution in [2.75, 3.05) is 13.2 Å². The molecule has 0 spiro atoms. The molecule has 1 aliphatic heterocycles. The summed E-state index contributed by atoms with van der Waals surface area (Å²) in [6.07, 6.45) is 0.138. The Kier molecular flexibility index (Phi) is 2.06. The van der Waals surface area contributed by atoms with E-state index in [1.807, 2.05) is 0 Å². The monoisotopic (exact) mass is 142 g/mol. The van der Waals surface area contributed by atoms with Gasteiger partial charge in [0.05, 0.1) is 6.61 Å². The largest absolute Gasteiger partial charge is 0.461 e. The SMILES string of the molecule is C=C(COC(C)=O)C1CO1. The molecule has 10 heavy (non-hydrogen) atoms. The zero-order valence-electron chi connectivity index (χ0n) is 5.92. The van der Waals surface area contributed by atoms with Gasteiger partial charge < -0.3 is 9.47 Å². The van der Waals surface area contributed by atoms with Gasteiger partial charge in [-0.05, 0) is 5.57 Å². The molecule has 0 N–H and O–H groups in total. The number of ether oxygens (including phenoxy) is 2. The lowest BCUT2D eigenvalue weighted by atomic mass is 10.2. The van der Waals surface area contributed by atoms with Gasteiger partial charge in [-0.25, -0.2) is 0 Å². The van der Waals surface area contributed by atoms with E-state index in [-0.39, 0.29) is 12.1 Å². The van der Waals surface area contributed by atoms with Crippen molar-refractivity contribution in [2.45, 2.75) is 13.0 Å². The Morgan fingerprint density at radius 3 is 2.90 bits per heavy atom. The van der Waals surface area contributed by atoms with E-state index < -0.39 is 0 Å². The third-order valence-corrected chi connectivity index (χ3v) is 1.25. The molecule has 3 nitrogen and oxygen atoms in total. The van der Waals surface area contributed by atoms with E-state index in [1.54, 1.807) is 0 Å². The maximum Gasteiger partial charge on any atom is 0.302 e. The average Bonchev–Trinajstić information content (AvgIpc) is 2.63. The molecule has 3 heteroatoms. The average molecular weight is 142 g/mol. The Morgan fingerprint density at radius 2 is 2.50 bits per heavy atom. The van der Waals surface area contributed by atoms with Crippen molar-refractivity contribution in [2.24, 2.45) is 0 Å². The van der Waals surface area contributed by atoms with Crippen LogP contribution in [0, 0.1) is 0 Å². The van der Waals surface area contributed by atoms with Crippen LogP contribution < -0.4 is 0 Å². The summed E-state index contributed by atoms with van der Waals surface area (Å²) in [5, 5.41) is 0. The number of carbonyl (C=O) groups is 1. The highest BCUT2D eigenvalue weighted by Gasteiger charge is 2.25. The van der Waals surface area contributed by atoms with Gasteiger partial charge in [0.25, 0.3) is 0 Å². The van der Waals surface area contributed by atoms with E-state index >= 15 is 0 Å². The molecule has 1 unspecified atom stereocenters. The van der Waals surface area contributed by atoms with Gasteiger partial charge in [0.15, 0.2) is 0 Å². The molecule has 0 saturated carbocycles. The summed E-state index contributed by atoms with van der Waals surface area (Å²) < 4.78 is 9.60. The Balaban J connectivity index is 2.12. The molecule has 0 bridgehead atoms. The number of hydrogen-bond donors (Lipinski definition) is 0. The van der Waals surface area contributed by atoms with Crippen molar-refractivity contribution in [1.29, 1.82) is 0 Å². The first-order valence-electron chi connectivity index (χ1n) is 3.13. The Bertz CT molecular complexity index is 158. The van der Waals surface area contributed by atoms with Gasteiger partial charge in [-0.15, -0.1) is 0 Å². The van der Waals surface area contributed by atoms with Crippen molar-refractivity contribution >= 4 is 5.97 Å². The van der Waals surface area contributed by atoms with Crippen LogP contribution in [0.1, 0.15) is 6.92 Å². The lowest BCUT2D eigenvalue weighted by Crippen LogP contribution is -2.05. The van der Waals surface area contributed by atoms with Crippen molar-refractivity contribution in [3.8, 4) is 0 Å². The molecule has 1 heterocycles. The van der Waals surface area contributed by atoms with Crippen LogP contribution in [0.4, 0.5) is 0 Å². The molecule has 0 amide bonds. The second kappa shape index (κ2) is 2.84. The van der Waals surface area contributed by atoms with Gasteiger partial charge in [-0.2, -0.15) is 0 Å². The zero-order valence-corrected chi connectivity index (χ0v) is 5.92. The quantitative estimate of drug-likeness (QED) is 0.327. The molecule has 1 rings (SSSR count). The van der Waals surface area contributed by atoms with Gasteiger partial charge in [-0.3, -0.25) is 4.79 Å². The van der Waals surface area contributed by atoms with Crippen LogP contribution in [0.5, 0.6) is 0 Å². The summed E-state index contributed by atoms with van der Waals surface area (Å²) in [5.74, 6) is -0.276. The number of epoxide rings is 1. The minimum absolute atomic E-state index is 0.138. The standard InChI is InChI=1S/C7H10O3/c1-5(7-4-10-7)3-9-6(2)8/h7H,1,3-4H2,2H3. The normalized spacial score (nSPS) is 21.9. The second-order valence-corrected chi connectivity index (χ2v) is 2.26. The molecule has 1 saturated heterocycles. The number of carbonyl (C=O) groups excluding carboxylic acids is 1. The Morgan fingerprint density at radius 1 is 1.90 bits per heavy atom. The van der Waals surface area contributed by atoms with Crippen LogP contribution in [0.2, 0.25) is 0 Å². The van der Waals surface area contributed by atoms with Gasteiger partial charge >= 0.3 is 5.97 Å². The molecular weight excluding hydrogens is 132 g/mol. The first-order chi connectivity index (χ1) is 4.70. The van der Waals surface area contributed by atoms with E-state index in [2.05, 4.69) is 11.3 Å². The summed E-state index contributed by atoms with van der Waals surface area (Å²) in [5.41, 5.74) is 0.843. The lowest BCUT2D eigenvalue weighted by molar-refractivity contribution is -0.140. The summed E-state index contributed by atoms with van der Waals surface area (Å²) in [7, 11) is 0. The van der Waals surface area contributed by atoms with Gasteiger partial charge in [0.2, 0.25) is 0 Å². The molecule has 56 valence electrons. The molecule has 0 aliphatic carbocycles. The predicted molar refractivity (Wildman–Crippen MR) is 35.5 cm³/mol. The summed E-state index contributed by atoms with van der Waals surface area (Å²) >= 11 is 0. The lowest BCUT2D eigenvalue weighted by Gasteiger charge is -2.00. The molecule has 1 aliphatic rings. The molecular formula is C7H10O3. The minimum atomic E-state index is -0.276. The van der Waals surface area contributed by atoms with E-state index in [0.717, 1.165) is 12.2 Å². The Hall–Kier alpha value is -0.830. The maximum absolute atomic E-state index is 10.3. The number of esters is 1. The molecule has 0 aromatic heterocycles. The Labute approximate surface area is 59.6 Å².